The smallest absolute Gasteiger partial charge is 0.311 e. The summed E-state index contributed by atoms with van der Waals surface area (Å²) in [5.41, 5.74) is 2.65. The maximum Gasteiger partial charge on any atom is 0.311 e. The highest BCUT2D eigenvalue weighted by atomic mass is 16.6. The molecule has 3 atom stereocenters. The van der Waals surface area contributed by atoms with E-state index in [4.69, 9.17) is 23.7 Å². The van der Waals surface area contributed by atoms with E-state index in [1.807, 2.05) is 51.1 Å². The molecule has 2 aromatic carbocycles. The predicted molar refractivity (Wildman–Crippen MR) is 147 cm³/mol. The molecule has 1 saturated heterocycles. The molecule has 0 unspecified atom stereocenters. The first-order chi connectivity index (χ1) is 18.3. The van der Waals surface area contributed by atoms with Crippen molar-refractivity contribution in [2.45, 2.75) is 51.9 Å². The monoisotopic (exact) mass is 526 g/mol. The molecule has 1 N–H and O–H groups in total. The van der Waals surface area contributed by atoms with E-state index in [-0.39, 0.29) is 24.1 Å². The van der Waals surface area contributed by atoms with Crippen LogP contribution in [0.3, 0.4) is 0 Å². The zero-order valence-electron chi connectivity index (χ0n) is 23.3. The molecule has 2 aliphatic rings. The number of carbonyl (C=O) groups is 1. The molecule has 0 spiro atoms. The Kier molecular flexibility index (Phi) is 9.52. The van der Waals surface area contributed by atoms with Crippen LogP contribution in [0, 0.1) is 5.41 Å². The Balaban J connectivity index is 1.52. The van der Waals surface area contributed by atoms with Crippen molar-refractivity contribution in [3.8, 4) is 11.5 Å². The zero-order chi connectivity index (χ0) is 27.1. The Morgan fingerprint density at radius 1 is 1.08 bits per heavy atom. The number of hydrogen-bond acceptors (Lipinski definition) is 8. The van der Waals surface area contributed by atoms with Gasteiger partial charge in [-0.15, -0.1) is 0 Å². The molecule has 0 aromatic heterocycles. The minimum absolute atomic E-state index is 0.111. The molecule has 4 rings (SSSR count). The predicted octanol–water partition coefficient (Wildman–Crippen LogP) is 4.16. The summed E-state index contributed by atoms with van der Waals surface area (Å²) < 4.78 is 29.1. The average Bonchev–Trinajstić information content (AvgIpc) is 2.92. The van der Waals surface area contributed by atoms with Gasteiger partial charge in [0.2, 0.25) is 0 Å². The van der Waals surface area contributed by atoms with Gasteiger partial charge in [-0.05, 0) is 62.6 Å². The highest BCUT2D eigenvalue weighted by Gasteiger charge is 2.39. The molecule has 0 saturated carbocycles. The van der Waals surface area contributed by atoms with Gasteiger partial charge in [0.05, 0.1) is 37.5 Å². The van der Waals surface area contributed by atoms with Crippen molar-refractivity contribution in [1.82, 2.24) is 5.32 Å². The lowest BCUT2D eigenvalue weighted by atomic mass is 9.85. The number of nitrogens with zero attached hydrogens (tertiary/aromatic N) is 1. The highest BCUT2D eigenvalue weighted by molar-refractivity contribution is 5.75. The molecule has 208 valence electrons. The number of hydrogen-bond donors (Lipinski definition) is 1. The van der Waals surface area contributed by atoms with E-state index in [1.54, 1.807) is 14.2 Å². The molecule has 38 heavy (non-hydrogen) atoms. The Labute approximate surface area is 226 Å². The van der Waals surface area contributed by atoms with Crippen LogP contribution in [0.15, 0.2) is 42.5 Å². The van der Waals surface area contributed by atoms with Crippen LogP contribution in [0.25, 0.3) is 0 Å². The summed E-state index contributed by atoms with van der Waals surface area (Å²) in [5.74, 6) is 1.36. The summed E-state index contributed by atoms with van der Waals surface area (Å²) in [6.07, 6.45) is 0.435. The number of esters is 1. The van der Waals surface area contributed by atoms with Crippen molar-refractivity contribution in [2.24, 2.45) is 5.41 Å². The van der Waals surface area contributed by atoms with Gasteiger partial charge < -0.3 is 33.9 Å². The first-order valence-corrected chi connectivity index (χ1v) is 13.5. The molecule has 0 bridgehead atoms. The molecule has 8 nitrogen and oxygen atoms in total. The highest BCUT2D eigenvalue weighted by Crippen LogP contribution is 2.35. The maximum atomic E-state index is 12.8. The van der Waals surface area contributed by atoms with Gasteiger partial charge in [0.25, 0.3) is 0 Å². The van der Waals surface area contributed by atoms with E-state index in [0.29, 0.717) is 26.3 Å². The van der Waals surface area contributed by atoms with Crippen molar-refractivity contribution < 1.29 is 28.5 Å². The second-order valence-corrected chi connectivity index (χ2v) is 11.0. The van der Waals surface area contributed by atoms with Gasteiger partial charge in [-0.1, -0.05) is 18.2 Å². The third-order valence-electron chi connectivity index (χ3n) is 7.09. The van der Waals surface area contributed by atoms with Crippen LogP contribution < -0.4 is 19.7 Å². The quantitative estimate of drug-likeness (QED) is 0.365. The van der Waals surface area contributed by atoms with Crippen molar-refractivity contribution in [2.75, 3.05) is 58.5 Å². The minimum atomic E-state index is -0.585. The number of anilines is 1. The zero-order valence-corrected chi connectivity index (χ0v) is 23.3. The lowest BCUT2D eigenvalue weighted by molar-refractivity contribution is -0.163. The topological polar surface area (TPSA) is 78.5 Å². The van der Waals surface area contributed by atoms with Crippen LogP contribution in [0.2, 0.25) is 0 Å². The van der Waals surface area contributed by atoms with Crippen LogP contribution in [-0.2, 0) is 25.6 Å². The summed E-state index contributed by atoms with van der Waals surface area (Å²) in [7, 11) is 3.39. The molecule has 8 heteroatoms. The van der Waals surface area contributed by atoms with Gasteiger partial charge >= 0.3 is 5.97 Å². The summed E-state index contributed by atoms with van der Waals surface area (Å²) in [5, 5.41) is 3.42. The number of benzene rings is 2. The molecule has 1 fully saturated rings. The largest absolute Gasteiger partial charge is 0.497 e. The standard InChI is InChI=1S/C30H42N2O6/c1-30(2,3)29(33)38-27-19-31-18-26(28(27)22-8-10-23(35-5)11-9-22)37-20-21-7-12-25-24(17-21)32(14-16-36-25)13-6-15-34-4/h7-12,17,26-28,31H,6,13-16,18-20H2,1-5H3/t26-,27+,28+/m0/s1. The van der Waals surface area contributed by atoms with Crippen molar-refractivity contribution in [3.05, 3.63) is 53.6 Å². The normalized spacial score (nSPS) is 21.4. The van der Waals surface area contributed by atoms with Gasteiger partial charge in [-0.2, -0.15) is 0 Å². The van der Waals surface area contributed by atoms with Crippen LogP contribution >= 0.6 is 0 Å². The summed E-state index contributed by atoms with van der Waals surface area (Å²) in [6.45, 7) is 10.5. The Hall–Kier alpha value is -2.81. The number of fused-ring (bicyclic) bond motifs is 1. The summed E-state index contributed by atoms with van der Waals surface area (Å²) in [4.78, 5) is 15.2. The number of carbonyl (C=O) groups excluding carboxylic acids is 1. The number of rotatable bonds is 10. The molecule has 0 amide bonds. The first kappa shape index (κ1) is 28.2. The van der Waals surface area contributed by atoms with Gasteiger partial charge in [0.15, 0.2) is 0 Å². The van der Waals surface area contributed by atoms with Crippen LogP contribution in [0.4, 0.5) is 5.69 Å². The molecule has 0 radical (unpaired) electrons. The van der Waals surface area contributed by atoms with E-state index in [2.05, 4.69) is 22.3 Å². The van der Waals surface area contributed by atoms with Crippen molar-refractivity contribution in [1.29, 1.82) is 0 Å². The lowest BCUT2D eigenvalue weighted by Crippen LogP contribution is -2.52. The minimum Gasteiger partial charge on any atom is -0.497 e. The van der Waals surface area contributed by atoms with Crippen molar-refractivity contribution >= 4 is 11.7 Å². The third-order valence-corrected chi connectivity index (χ3v) is 7.09. The van der Waals surface area contributed by atoms with Crippen LogP contribution in [0.1, 0.15) is 44.2 Å². The molecule has 2 aliphatic heterocycles. The Morgan fingerprint density at radius 2 is 1.84 bits per heavy atom. The number of ether oxygens (including phenoxy) is 5. The summed E-state index contributed by atoms with van der Waals surface area (Å²) in [6, 6.07) is 14.2. The fourth-order valence-corrected chi connectivity index (χ4v) is 4.95. The Bertz CT molecular complexity index is 1050. The lowest BCUT2D eigenvalue weighted by Gasteiger charge is -2.39. The average molecular weight is 527 g/mol. The van der Waals surface area contributed by atoms with E-state index < -0.39 is 5.41 Å². The van der Waals surface area contributed by atoms with E-state index in [0.717, 1.165) is 54.4 Å². The van der Waals surface area contributed by atoms with E-state index >= 15 is 0 Å². The second kappa shape index (κ2) is 12.8. The fourth-order valence-electron chi connectivity index (χ4n) is 4.95. The van der Waals surface area contributed by atoms with Gasteiger partial charge in [-0.25, -0.2) is 0 Å². The number of piperidine rings is 1. The van der Waals surface area contributed by atoms with Crippen LogP contribution in [-0.4, -0.2) is 71.8 Å². The van der Waals surface area contributed by atoms with Gasteiger partial charge in [0, 0.05) is 39.3 Å². The Morgan fingerprint density at radius 3 is 2.55 bits per heavy atom. The molecular formula is C30H42N2O6. The van der Waals surface area contributed by atoms with Gasteiger partial charge in [-0.3, -0.25) is 4.79 Å². The second-order valence-electron chi connectivity index (χ2n) is 11.0. The first-order valence-electron chi connectivity index (χ1n) is 13.5. The molecule has 2 aromatic rings. The van der Waals surface area contributed by atoms with E-state index in [9.17, 15) is 4.79 Å². The molecule has 0 aliphatic carbocycles. The number of nitrogens with one attached hydrogen (secondary N) is 1. The SMILES string of the molecule is COCCCN1CCOc2ccc(CO[C@H]3CNC[C@@H](OC(=O)C(C)(C)C)[C@@H]3c3ccc(OC)cc3)cc21. The molecule has 2 heterocycles. The fraction of sp³-hybridized carbons (Fsp3) is 0.567. The van der Waals surface area contributed by atoms with Crippen LogP contribution in [0.5, 0.6) is 11.5 Å². The van der Waals surface area contributed by atoms with Gasteiger partial charge in [0.1, 0.15) is 24.2 Å². The molecular weight excluding hydrogens is 484 g/mol. The van der Waals surface area contributed by atoms with Crippen molar-refractivity contribution in [3.63, 3.8) is 0 Å². The van der Waals surface area contributed by atoms with E-state index in [1.165, 1.54) is 0 Å². The maximum absolute atomic E-state index is 12.8. The number of methoxy groups -OCH3 is 2. The third kappa shape index (κ3) is 6.98. The summed E-state index contributed by atoms with van der Waals surface area (Å²) >= 11 is 0.